The summed E-state index contributed by atoms with van der Waals surface area (Å²) in [5.74, 6) is 1.95. The summed E-state index contributed by atoms with van der Waals surface area (Å²) in [7, 11) is 0. The Morgan fingerprint density at radius 1 is 1.07 bits per heavy atom. The molecule has 3 heterocycles. The van der Waals surface area contributed by atoms with E-state index >= 15 is 0 Å². The second-order valence-electron chi connectivity index (χ2n) is 7.03. The van der Waals surface area contributed by atoms with Crippen LogP contribution in [0.1, 0.15) is 41.8 Å². The Labute approximate surface area is 160 Å². The number of rotatable bonds is 5. The average Bonchev–Trinajstić information content (AvgIpc) is 2.73. The van der Waals surface area contributed by atoms with Gasteiger partial charge < -0.3 is 10.2 Å². The molecule has 0 amide bonds. The molecule has 1 aromatic carbocycles. The fourth-order valence-electron chi connectivity index (χ4n) is 3.58. The van der Waals surface area contributed by atoms with Gasteiger partial charge in [-0.15, -0.1) is 0 Å². The molecule has 4 rings (SSSR count). The lowest BCUT2D eigenvalue weighted by molar-refractivity contribution is 0.687. The Hall–Kier alpha value is -2.95. The van der Waals surface area contributed by atoms with Crippen molar-refractivity contribution in [3.8, 4) is 0 Å². The van der Waals surface area contributed by atoms with Crippen LogP contribution >= 0.6 is 0 Å². The van der Waals surface area contributed by atoms with Crippen molar-refractivity contribution in [1.29, 1.82) is 0 Å². The number of nitrogens with one attached hydrogen (secondary N) is 1. The average molecular weight is 359 g/mol. The number of nitrogens with zero attached hydrogens (tertiary/aromatic N) is 4. The number of hydrogen-bond acceptors (Lipinski definition) is 5. The van der Waals surface area contributed by atoms with E-state index in [0.29, 0.717) is 0 Å². The van der Waals surface area contributed by atoms with Gasteiger partial charge in [0, 0.05) is 31.3 Å². The highest BCUT2D eigenvalue weighted by atomic mass is 15.2. The van der Waals surface area contributed by atoms with E-state index in [1.54, 1.807) is 6.33 Å². The molecule has 5 nitrogen and oxygen atoms in total. The first kappa shape index (κ1) is 17.5. The zero-order valence-electron chi connectivity index (χ0n) is 15.9. The fourth-order valence-corrected chi connectivity index (χ4v) is 3.58. The minimum atomic E-state index is 0.234. The van der Waals surface area contributed by atoms with Crippen LogP contribution in [0.4, 0.5) is 11.6 Å². The summed E-state index contributed by atoms with van der Waals surface area (Å²) >= 11 is 0. The van der Waals surface area contributed by atoms with E-state index in [1.165, 1.54) is 16.7 Å². The van der Waals surface area contributed by atoms with E-state index in [4.69, 9.17) is 0 Å². The van der Waals surface area contributed by atoms with Crippen LogP contribution in [0.2, 0.25) is 0 Å². The smallest absolute Gasteiger partial charge is 0.135 e. The maximum absolute atomic E-state index is 4.59. The lowest BCUT2D eigenvalue weighted by Crippen LogP contribution is -2.32. The summed E-state index contributed by atoms with van der Waals surface area (Å²) in [4.78, 5) is 16.0. The van der Waals surface area contributed by atoms with Crippen molar-refractivity contribution in [2.75, 3.05) is 16.8 Å². The number of pyridine rings is 1. The maximum Gasteiger partial charge on any atom is 0.135 e. The van der Waals surface area contributed by atoms with Crippen molar-refractivity contribution in [2.45, 2.75) is 39.3 Å². The standard InChI is InChI=1S/C22H25N5/c1-3-19(17-7-5-4-6-8-17)26-22-18-14-27(12-11-20(18)24-15-25-22)21-10-9-16(2)13-23-21/h4-10,13,15,19H,3,11-12,14H2,1-2H3,(H,24,25,26)/t19-/m0/s1. The second kappa shape index (κ2) is 7.74. The van der Waals surface area contributed by atoms with Gasteiger partial charge in [-0.2, -0.15) is 0 Å². The van der Waals surface area contributed by atoms with Crippen molar-refractivity contribution in [2.24, 2.45) is 0 Å². The molecule has 1 aliphatic rings. The number of aromatic nitrogens is 3. The van der Waals surface area contributed by atoms with E-state index in [9.17, 15) is 0 Å². The highest BCUT2D eigenvalue weighted by molar-refractivity contribution is 5.53. The third kappa shape index (κ3) is 3.77. The van der Waals surface area contributed by atoms with Crippen LogP contribution in [0.15, 0.2) is 55.0 Å². The van der Waals surface area contributed by atoms with Gasteiger partial charge in [0.1, 0.15) is 18.0 Å². The van der Waals surface area contributed by atoms with Gasteiger partial charge in [-0.3, -0.25) is 0 Å². The molecule has 0 spiro atoms. The van der Waals surface area contributed by atoms with Gasteiger partial charge in [0.2, 0.25) is 0 Å². The predicted octanol–water partition coefficient (Wildman–Crippen LogP) is 4.31. The molecule has 3 aromatic rings. The first-order valence-electron chi connectivity index (χ1n) is 9.56. The normalized spacial score (nSPS) is 14.5. The van der Waals surface area contributed by atoms with Gasteiger partial charge in [-0.25, -0.2) is 15.0 Å². The van der Waals surface area contributed by atoms with Gasteiger partial charge in [-0.05, 0) is 30.5 Å². The lowest BCUT2D eigenvalue weighted by atomic mass is 10.0. The van der Waals surface area contributed by atoms with Crippen molar-refractivity contribution in [3.05, 3.63) is 77.4 Å². The van der Waals surface area contributed by atoms with Gasteiger partial charge in [0.25, 0.3) is 0 Å². The summed E-state index contributed by atoms with van der Waals surface area (Å²) in [6.07, 6.45) is 5.50. The molecule has 0 saturated heterocycles. The third-order valence-corrected chi connectivity index (χ3v) is 5.14. The van der Waals surface area contributed by atoms with Crippen LogP contribution < -0.4 is 10.2 Å². The molecular formula is C22H25N5. The van der Waals surface area contributed by atoms with Gasteiger partial charge in [0.05, 0.1) is 11.7 Å². The quantitative estimate of drug-likeness (QED) is 0.736. The van der Waals surface area contributed by atoms with Gasteiger partial charge in [-0.1, -0.05) is 43.3 Å². The molecular weight excluding hydrogens is 334 g/mol. The van der Waals surface area contributed by atoms with Crippen LogP contribution in [-0.2, 0) is 13.0 Å². The predicted molar refractivity (Wildman–Crippen MR) is 109 cm³/mol. The van der Waals surface area contributed by atoms with Crippen molar-refractivity contribution >= 4 is 11.6 Å². The van der Waals surface area contributed by atoms with Crippen molar-refractivity contribution in [3.63, 3.8) is 0 Å². The molecule has 27 heavy (non-hydrogen) atoms. The Kier molecular flexibility index (Phi) is 5.01. The SMILES string of the molecule is CC[C@H](Nc1ncnc2c1CN(c1ccc(C)cn1)CC2)c1ccccc1. The minimum Gasteiger partial charge on any atom is -0.363 e. The molecule has 0 bridgehead atoms. The van der Waals surface area contributed by atoms with Gasteiger partial charge in [0.15, 0.2) is 0 Å². The number of anilines is 2. The highest BCUT2D eigenvalue weighted by Crippen LogP contribution is 2.29. The largest absolute Gasteiger partial charge is 0.363 e. The fraction of sp³-hybridized carbons (Fsp3) is 0.318. The Balaban J connectivity index is 1.60. The molecule has 2 aromatic heterocycles. The van der Waals surface area contributed by atoms with Crippen LogP contribution in [0.5, 0.6) is 0 Å². The maximum atomic E-state index is 4.59. The summed E-state index contributed by atoms with van der Waals surface area (Å²) in [5, 5.41) is 3.66. The summed E-state index contributed by atoms with van der Waals surface area (Å²) in [5.41, 5.74) is 4.77. The van der Waals surface area contributed by atoms with E-state index < -0.39 is 0 Å². The summed E-state index contributed by atoms with van der Waals surface area (Å²) in [6, 6.07) is 15.0. The second-order valence-corrected chi connectivity index (χ2v) is 7.03. The number of aryl methyl sites for hydroxylation is 1. The van der Waals surface area contributed by atoms with Crippen molar-refractivity contribution in [1.82, 2.24) is 15.0 Å². The molecule has 1 aliphatic heterocycles. The summed E-state index contributed by atoms with van der Waals surface area (Å²) in [6.45, 7) is 5.96. The molecule has 1 N–H and O–H groups in total. The van der Waals surface area contributed by atoms with Crippen molar-refractivity contribution < 1.29 is 0 Å². The first-order chi connectivity index (χ1) is 13.2. The minimum absolute atomic E-state index is 0.234. The molecule has 0 saturated carbocycles. The topological polar surface area (TPSA) is 53.9 Å². The molecule has 5 heteroatoms. The zero-order chi connectivity index (χ0) is 18.6. The first-order valence-corrected chi connectivity index (χ1v) is 9.56. The third-order valence-electron chi connectivity index (χ3n) is 5.14. The molecule has 0 unspecified atom stereocenters. The van der Waals surface area contributed by atoms with E-state index in [-0.39, 0.29) is 6.04 Å². The van der Waals surface area contributed by atoms with Crippen LogP contribution in [-0.4, -0.2) is 21.5 Å². The summed E-state index contributed by atoms with van der Waals surface area (Å²) < 4.78 is 0. The zero-order valence-corrected chi connectivity index (χ0v) is 15.9. The lowest BCUT2D eigenvalue weighted by Gasteiger charge is -2.31. The Morgan fingerprint density at radius 3 is 2.67 bits per heavy atom. The Morgan fingerprint density at radius 2 is 1.93 bits per heavy atom. The van der Waals surface area contributed by atoms with Crippen LogP contribution in [0, 0.1) is 6.92 Å². The van der Waals surface area contributed by atoms with E-state index in [2.05, 4.69) is 81.5 Å². The Bertz CT molecular complexity index is 892. The monoisotopic (exact) mass is 359 g/mol. The highest BCUT2D eigenvalue weighted by Gasteiger charge is 2.23. The number of benzene rings is 1. The molecule has 0 fully saturated rings. The number of fused-ring (bicyclic) bond motifs is 1. The van der Waals surface area contributed by atoms with Crippen LogP contribution in [0.3, 0.4) is 0 Å². The molecule has 1 atom stereocenters. The molecule has 0 aliphatic carbocycles. The molecule has 138 valence electrons. The van der Waals surface area contributed by atoms with Gasteiger partial charge >= 0.3 is 0 Å². The molecule has 0 radical (unpaired) electrons. The van der Waals surface area contributed by atoms with E-state index in [1.807, 2.05) is 6.20 Å². The van der Waals surface area contributed by atoms with E-state index in [0.717, 1.165) is 43.3 Å². The van der Waals surface area contributed by atoms with Crippen LogP contribution in [0.25, 0.3) is 0 Å². The number of hydrogen-bond donors (Lipinski definition) is 1.